The van der Waals surface area contributed by atoms with E-state index < -0.39 is 0 Å². The summed E-state index contributed by atoms with van der Waals surface area (Å²) >= 11 is 0. The first kappa shape index (κ1) is 10.9. The Balaban J connectivity index is 2.01. The Bertz CT molecular complexity index is 134. The maximum absolute atomic E-state index is 5.49. The summed E-state index contributed by atoms with van der Waals surface area (Å²) in [6.45, 7) is 1.41. The predicted octanol–water partition coefficient (Wildman–Crippen LogP) is -0.273. The first-order chi connectivity index (χ1) is 6.30. The molecule has 1 saturated carbocycles. The maximum Gasteiger partial charge on any atom is 0.0817 e. The van der Waals surface area contributed by atoms with Gasteiger partial charge in [0.2, 0.25) is 0 Å². The van der Waals surface area contributed by atoms with E-state index in [0.717, 1.165) is 19.4 Å². The first-order valence-corrected chi connectivity index (χ1v) is 4.79. The Labute approximate surface area is 79.8 Å². The third-order valence-electron chi connectivity index (χ3n) is 2.66. The molecule has 1 unspecified atom stereocenters. The quantitative estimate of drug-likeness (QED) is 0.602. The lowest BCUT2D eigenvalue weighted by atomic mass is 9.89. The summed E-state index contributed by atoms with van der Waals surface area (Å²) in [5, 5.41) is 3.40. The Morgan fingerprint density at radius 2 is 2.15 bits per heavy atom. The van der Waals surface area contributed by atoms with Gasteiger partial charge in [0.05, 0.1) is 12.2 Å². The predicted molar refractivity (Wildman–Crippen MR) is 51.7 cm³/mol. The second-order valence-electron chi connectivity index (χ2n) is 3.53. The van der Waals surface area contributed by atoms with E-state index >= 15 is 0 Å². The van der Waals surface area contributed by atoms with Gasteiger partial charge < -0.3 is 20.5 Å². The Hall–Kier alpha value is -0.160. The lowest BCUT2D eigenvalue weighted by Gasteiger charge is -2.35. The van der Waals surface area contributed by atoms with Gasteiger partial charge in [-0.3, -0.25) is 0 Å². The molecule has 0 aromatic heterocycles. The SMILES string of the molecule is COC(CN)CNC1CC(OC)C1. The largest absolute Gasteiger partial charge is 0.381 e. The second-order valence-corrected chi connectivity index (χ2v) is 3.53. The maximum atomic E-state index is 5.49. The molecule has 0 aromatic rings. The second kappa shape index (κ2) is 5.54. The van der Waals surface area contributed by atoms with Gasteiger partial charge in [-0.25, -0.2) is 0 Å². The van der Waals surface area contributed by atoms with E-state index in [0.29, 0.717) is 18.7 Å². The number of nitrogens with two attached hydrogens (primary N) is 1. The smallest absolute Gasteiger partial charge is 0.0817 e. The highest BCUT2D eigenvalue weighted by molar-refractivity contribution is 4.86. The number of nitrogens with one attached hydrogen (secondary N) is 1. The van der Waals surface area contributed by atoms with E-state index in [1.807, 2.05) is 0 Å². The Kier molecular flexibility index (Phi) is 4.66. The van der Waals surface area contributed by atoms with Gasteiger partial charge in [0.1, 0.15) is 0 Å². The monoisotopic (exact) mass is 188 g/mol. The van der Waals surface area contributed by atoms with Crippen molar-refractivity contribution in [1.82, 2.24) is 5.32 Å². The molecule has 0 heterocycles. The molecule has 0 aromatic carbocycles. The highest BCUT2D eigenvalue weighted by atomic mass is 16.5. The summed E-state index contributed by atoms with van der Waals surface area (Å²) in [4.78, 5) is 0. The molecular formula is C9H20N2O2. The van der Waals surface area contributed by atoms with Crippen molar-refractivity contribution in [2.75, 3.05) is 27.3 Å². The molecule has 1 atom stereocenters. The van der Waals surface area contributed by atoms with Crippen molar-refractivity contribution >= 4 is 0 Å². The molecule has 0 bridgehead atoms. The van der Waals surface area contributed by atoms with Gasteiger partial charge in [-0.15, -0.1) is 0 Å². The molecule has 0 aliphatic heterocycles. The Morgan fingerprint density at radius 3 is 2.62 bits per heavy atom. The first-order valence-electron chi connectivity index (χ1n) is 4.79. The number of rotatable bonds is 6. The summed E-state index contributed by atoms with van der Waals surface area (Å²) in [6.07, 6.45) is 2.81. The van der Waals surface area contributed by atoms with Crippen LogP contribution >= 0.6 is 0 Å². The van der Waals surface area contributed by atoms with Crippen molar-refractivity contribution in [1.29, 1.82) is 0 Å². The van der Waals surface area contributed by atoms with Crippen LogP contribution in [0.1, 0.15) is 12.8 Å². The lowest BCUT2D eigenvalue weighted by molar-refractivity contribution is 0.0119. The molecular weight excluding hydrogens is 168 g/mol. The van der Waals surface area contributed by atoms with Crippen LogP contribution in [0.25, 0.3) is 0 Å². The molecule has 3 N–H and O–H groups in total. The molecule has 1 aliphatic rings. The normalized spacial score (nSPS) is 29.8. The van der Waals surface area contributed by atoms with Gasteiger partial charge in [-0.2, -0.15) is 0 Å². The lowest BCUT2D eigenvalue weighted by Crippen LogP contribution is -2.48. The molecule has 1 aliphatic carbocycles. The third-order valence-corrected chi connectivity index (χ3v) is 2.66. The number of hydrogen-bond acceptors (Lipinski definition) is 4. The minimum absolute atomic E-state index is 0.140. The minimum atomic E-state index is 0.140. The number of ether oxygens (including phenoxy) is 2. The minimum Gasteiger partial charge on any atom is -0.381 e. The standard InChI is InChI=1S/C9H20N2O2/c1-12-8-3-7(4-8)11-6-9(5-10)13-2/h7-9,11H,3-6,10H2,1-2H3. The van der Waals surface area contributed by atoms with E-state index in [1.54, 1.807) is 14.2 Å². The van der Waals surface area contributed by atoms with Crippen LogP contribution in [0, 0.1) is 0 Å². The van der Waals surface area contributed by atoms with Crippen LogP contribution in [0.4, 0.5) is 0 Å². The number of methoxy groups -OCH3 is 2. The topological polar surface area (TPSA) is 56.5 Å². The van der Waals surface area contributed by atoms with Crippen molar-refractivity contribution in [3.8, 4) is 0 Å². The van der Waals surface area contributed by atoms with Crippen molar-refractivity contribution in [2.45, 2.75) is 31.1 Å². The van der Waals surface area contributed by atoms with Gasteiger partial charge in [-0.05, 0) is 12.8 Å². The van der Waals surface area contributed by atoms with E-state index in [4.69, 9.17) is 15.2 Å². The van der Waals surface area contributed by atoms with Crippen molar-refractivity contribution in [3.05, 3.63) is 0 Å². The fraction of sp³-hybridized carbons (Fsp3) is 1.00. The van der Waals surface area contributed by atoms with Crippen LogP contribution in [0.15, 0.2) is 0 Å². The van der Waals surface area contributed by atoms with Gasteiger partial charge in [0, 0.05) is 33.4 Å². The molecule has 78 valence electrons. The summed E-state index contributed by atoms with van der Waals surface area (Å²) in [5.74, 6) is 0. The van der Waals surface area contributed by atoms with Gasteiger partial charge in [0.25, 0.3) is 0 Å². The van der Waals surface area contributed by atoms with Crippen LogP contribution < -0.4 is 11.1 Å². The van der Waals surface area contributed by atoms with E-state index in [1.165, 1.54) is 0 Å². The van der Waals surface area contributed by atoms with Crippen LogP contribution in [0.3, 0.4) is 0 Å². The van der Waals surface area contributed by atoms with Gasteiger partial charge in [-0.1, -0.05) is 0 Å². The fourth-order valence-electron chi connectivity index (χ4n) is 1.49. The average Bonchev–Trinajstić information content (AvgIpc) is 2.09. The summed E-state index contributed by atoms with van der Waals surface area (Å²) in [5.41, 5.74) is 5.49. The van der Waals surface area contributed by atoms with Crippen LogP contribution in [0.2, 0.25) is 0 Å². The molecule has 4 heteroatoms. The summed E-state index contributed by atoms with van der Waals surface area (Å²) in [7, 11) is 3.46. The molecule has 0 radical (unpaired) electrons. The van der Waals surface area contributed by atoms with Crippen molar-refractivity contribution in [2.24, 2.45) is 5.73 Å². The highest BCUT2D eigenvalue weighted by Crippen LogP contribution is 2.22. The van der Waals surface area contributed by atoms with Crippen LogP contribution in [-0.2, 0) is 9.47 Å². The Morgan fingerprint density at radius 1 is 1.46 bits per heavy atom. The van der Waals surface area contributed by atoms with Gasteiger partial charge in [0.15, 0.2) is 0 Å². The molecule has 4 nitrogen and oxygen atoms in total. The van der Waals surface area contributed by atoms with Crippen molar-refractivity contribution in [3.63, 3.8) is 0 Å². The summed E-state index contributed by atoms with van der Waals surface area (Å²) in [6, 6.07) is 0.592. The fourth-order valence-corrected chi connectivity index (χ4v) is 1.49. The van der Waals surface area contributed by atoms with Crippen molar-refractivity contribution < 1.29 is 9.47 Å². The average molecular weight is 188 g/mol. The molecule has 0 spiro atoms. The van der Waals surface area contributed by atoms with E-state index in [-0.39, 0.29) is 6.10 Å². The highest BCUT2D eigenvalue weighted by Gasteiger charge is 2.28. The van der Waals surface area contributed by atoms with Crippen LogP contribution in [0.5, 0.6) is 0 Å². The summed E-state index contributed by atoms with van der Waals surface area (Å²) < 4.78 is 10.3. The molecule has 1 fully saturated rings. The zero-order valence-electron chi connectivity index (χ0n) is 8.45. The van der Waals surface area contributed by atoms with Crippen LogP contribution in [-0.4, -0.2) is 45.6 Å². The molecule has 0 saturated heterocycles. The molecule has 0 amide bonds. The zero-order chi connectivity index (χ0) is 9.68. The van der Waals surface area contributed by atoms with Gasteiger partial charge >= 0.3 is 0 Å². The van der Waals surface area contributed by atoms with E-state index in [2.05, 4.69) is 5.32 Å². The molecule has 1 rings (SSSR count). The zero-order valence-corrected chi connectivity index (χ0v) is 8.45. The molecule has 13 heavy (non-hydrogen) atoms. The third kappa shape index (κ3) is 3.23. The number of hydrogen-bond donors (Lipinski definition) is 2. The van der Waals surface area contributed by atoms with E-state index in [9.17, 15) is 0 Å².